The Morgan fingerprint density at radius 3 is 2.63 bits per heavy atom. The Bertz CT molecular complexity index is 637. The van der Waals surface area contributed by atoms with Crippen molar-refractivity contribution >= 4 is 27.3 Å². The van der Waals surface area contributed by atoms with Crippen LogP contribution in [0.25, 0.3) is 0 Å². The van der Waals surface area contributed by atoms with Crippen LogP contribution in [0.5, 0.6) is 0 Å². The van der Waals surface area contributed by atoms with Crippen LogP contribution in [0.2, 0.25) is 5.02 Å². The molecular formula is C11H11ClN2O4S. The molecule has 8 heteroatoms. The second kappa shape index (κ2) is 6.02. The number of hydrogen-bond acceptors (Lipinski definition) is 4. The number of nitro benzene ring substituents is 1. The van der Waals surface area contributed by atoms with E-state index in [1.54, 1.807) is 6.92 Å². The van der Waals surface area contributed by atoms with Crippen molar-refractivity contribution in [1.82, 2.24) is 4.31 Å². The van der Waals surface area contributed by atoms with Crippen molar-refractivity contribution in [2.45, 2.75) is 11.8 Å². The molecule has 0 aliphatic rings. The fourth-order valence-corrected chi connectivity index (χ4v) is 2.98. The molecule has 1 aromatic rings. The molecule has 0 aliphatic heterocycles. The zero-order valence-corrected chi connectivity index (χ0v) is 11.6. The molecule has 0 atom stereocenters. The van der Waals surface area contributed by atoms with Gasteiger partial charge in [0.1, 0.15) is 5.02 Å². The van der Waals surface area contributed by atoms with Gasteiger partial charge in [-0.3, -0.25) is 10.1 Å². The lowest BCUT2D eigenvalue weighted by atomic mass is 10.3. The van der Waals surface area contributed by atoms with Crippen molar-refractivity contribution in [2.75, 3.05) is 13.1 Å². The summed E-state index contributed by atoms with van der Waals surface area (Å²) in [6.45, 7) is 1.69. The lowest BCUT2D eigenvalue weighted by Crippen LogP contribution is -2.31. The predicted octanol–water partition coefficient (Wildman–Crippen LogP) is 1.89. The number of sulfonamides is 1. The van der Waals surface area contributed by atoms with Crippen molar-refractivity contribution in [3.8, 4) is 12.3 Å². The molecule has 0 bridgehead atoms. The van der Waals surface area contributed by atoms with Gasteiger partial charge < -0.3 is 0 Å². The molecule has 1 aromatic carbocycles. The molecule has 0 saturated heterocycles. The Kier molecular flexibility index (Phi) is 4.89. The van der Waals surface area contributed by atoms with Gasteiger partial charge in [0.15, 0.2) is 0 Å². The van der Waals surface area contributed by atoms with Crippen LogP contribution in [-0.4, -0.2) is 30.7 Å². The zero-order valence-electron chi connectivity index (χ0n) is 10.0. The first-order valence-corrected chi connectivity index (χ1v) is 7.04. The number of rotatable bonds is 5. The second-order valence-electron chi connectivity index (χ2n) is 3.51. The second-order valence-corrected chi connectivity index (χ2v) is 5.85. The van der Waals surface area contributed by atoms with Crippen LogP contribution in [0.3, 0.4) is 0 Å². The van der Waals surface area contributed by atoms with E-state index < -0.39 is 20.6 Å². The number of nitrogens with zero attached hydrogens (tertiary/aromatic N) is 2. The van der Waals surface area contributed by atoms with Crippen molar-refractivity contribution in [3.63, 3.8) is 0 Å². The van der Waals surface area contributed by atoms with Crippen LogP contribution in [0.1, 0.15) is 6.92 Å². The van der Waals surface area contributed by atoms with E-state index in [0.29, 0.717) is 0 Å². The Balaban J connectivity index is 3.34. The standard InChI is InChI=1S/C11H11ClN2O4S/c1-3-7-13(4-2)19(17,18)9-5-6-10(12)11(8-9)14(15)16/h1,5-6,8H,4,7H2,2H3. The summed E-state index contributed by atoms with van der Waals surface area (Å²) in [5.74, 6) is 2.23. The summed E-state index contributed by atoms with van der Waals surface area (Å²) in [7, 11) is -3.86. The van der Waals surface area contributed by atoms with Crippen molar-refractivity contribution in [2.24, 2.45) is 0 Å². The van der Waals surface area contributed by atoms with E-state index in [2.05, 4.69) is 5.92 Å². The van der Waals surface area contributed by atoms with Crippen LogP contribution in [0.4, 0.5) is 5.69 Å². The van der Waals surface area contributed by atoms with Crippen LogP contribution >= 0.6 is 11.6 Å². The molecule has 0 amide bonds. The molecule has 0 aliphatic carbocycles. The van der Waals surface area contributed by atoms with E-state index in [9.17, 15) is 18.5 Å². The Hall–Kier alpha value is -1.62. The molecule has 102 valence electrons. The maximum atomic E-state index is 12.2. The van der Waals surface area contributed by atoms with E-state index in [0.717, 1.165) is 10.4 Å². The third kappa shape index (κ3) is 3.23. The minimum atomic E-state index is -3.86. The van der Waals surface area contributed by atoms with Gasteiger partial charge in [0.25, 0.3) is 5.69 Å². The topological polar surface area (TPSA) is 80.5 Å². The molecule has 0 aromatic heterocycles. The first-order chi connectivity index (χ1) is 8.84. The maximum absolute atomic E-state index is 12.2. The maximum Gasteiger partial charge on any atom is 0.289 e. The van der Waals surface area contributed by atoms with Crippen molar-refractivity contribution < 1.29 is 13.3 Å². The molecule has 6 nitrogen and oxygen atoms in total. The van der Waals surface area contributed by atoms with Crippen molar-refractivity contribution in [3.05, 3.63) is 33.3 Å². The molecule has 0 heterocycles. The van der Waals surface area contributed by atoms with E-state index >= 15 is 0 Å². The van der Waals surface area contributed by atoms with Gasteiger partial charge in [-0.25, -0.2) is 8.42 Å². The van der Waals surface area contributed by atoms with Crippen LogP contribution in [-0.2, 0) is 10.0 Å². The van der Waals surface area contributed by atoms with Gasteiger partial charge in [0.2, 0.25) is 10.0 Å². The summed E-state index contributed by atoms with van der Waals surface area (Å²) in [5, 5.41) is 10.6. The number of terminal acetylenes is 1. The molecule has 0 radical (unpaired) electrons. The highest BCUT2D eigenvalue weighted by Crippen LogP contribution is 2.28. The fraction of sp³-hybridized carbons (Fsp3) is 0.273. The molecule has 0 saturated carbocycles. The molecule has 19 heavy (non-hydrogen) atoms. The largest absolute Gasteiger partial charge is 0.289 e. The van der Waals surface area contributed by atoms with Crippen LogP contribution in [0, 0.1) is 22.5 Å². The summed E-state index contributed by atoms with van der Waals surface area (Å²) >= 11 is 5.63. The Labute approximate surface area is 116 Å². The van der Waals surface area contributed by atoms with Gasteiger partial charge in [0, 0.05) is 12.6 Å². The molecule has 1 rings (SSSR count). The van der Waals surface area contributed by atoms with Gasteiger partial charge in [-0.15, -0.1) is 6.42 Å². The molecule has 0 N–H and O–H groups in total. The quantitative estimate of drug-likeness (QED) is 0.472. The van der Waals surface area contributed by atoms with E-state index in [1.807, 2.05) is 0 Å². The minimum absolute atomic E-state index is 0.102. The number of benzene rings is 1. The highest BCUT2D eigenvalue weighted by atomic mass is 35.5. The van der Waals surface area contributed by atoms with Gasteiger partial charge >= 0.3 is 0 Å². The van der Waals surface area contributed by atoms with E-state index in [1.165, 1.54) is 12.1 Å². The average Bonchev–Trinajstić information content (AvgIpc) is 2.35. The highest BCUT2D eigenvalue weighted by Gasteiger charge is 2.25. The summed E-state index contributed by atoms with van der Waals surface area (Å²) in [5.41, 5.74) is -0.459. The van der Waals surface area contributed by atoms with Crippen LogP contribution in [0.15, 0.2) is 23.1 Å². The first kappa shape index (κ1) is 15.4. The van der Waals surface area contributed by atoms with Gasteiger partial charge in [-0.1, -0.05) is 24.4 Å². The lowest BCUT2D eigenvalue weighted by molar-refractivity contribution is -0.384. The molecule has 0 fully saturated rings. The number of nitro groups is 1. The lowest BCUT2D eigenvalue weighted by Gasteiger charge is -2.17. The minimum Gasteiger partial charge on any atom is -0.258 e. The first-order valence-electron chi connectivity index (χ1n) is 5.22. The fourth-order valence-electron chi connectivity index (χ4n) is 1.41. The third-order valence-corrected chi connectivity index (χ3v) is 4.61. The smallest absolute Gasteiger partial charge is 0.258 e. The normalized spacial score (nSPS) is 11.3. The summed E-state index contributed by atoms with van der Waals surface area (Å²) < 4.78 is 25.4. The third-order valence-electron chi connectivity index (χ3n) is 2.37. The van der Waals surface area contributed by atoms with E-state index in [-0.39, 0.29) is 23.0 Å². The van der Waals surface area contributed by atoms with E-state index in [4.69, 9.17) is 18.0 Å². The average molecular weight is 303 g/mol. The summed E-state index contributed by atoms with van der Waals surface area (Å²) in [6, 6.07) is 3.32. The number of hydrogen-bond donors (Lipinski definition) is 0. The summed E-state index contributed by atoms with van der Waals surface area (Å²) in [6.07, 6.45) is 5.10. The van der Waals surface area contributed by atoms with Gasteiger partial charge in [0.05, 0.1) is 16.4 Å². The Morgan fingerprint density at radius 2 is 2.16 bits per heavy atom. The zero-order chi connectivity index (χ0) is 14.6. The summed E-state index contributed by atoms with van der Waals surface area (Å²) in [4.78, 5) is 9.80. The highest BCUT2D eigenvalue weighted by molar-refractivity contribution is 7.89. The molecule has 0 unspecified atom stereocenters. The van der Waals surface area contributed by atoms with Crippen LogP contribution < -0.4 is 0 Å². The Morgan fingerprint density at radius 1 is 1.53 bits per heavy atom. The predicted molar refractivity (Wildman–Crippen MR) is 71.4 cm³/mol. The SMILES string of the molecule is C#CCN(CC)S(=O)(=O)c1ccc(Cl)c([N+](=O)[O-])c1. The van der Waals surface area contributed by atoms with Gasteiger partial charge in [-0.2, -0.15) is 4.31 Å². The molecule has 0 spiro atoms. The monoisotopic (exact) mass is 302 g/mol. The number of halogens is 1. The molecular weight excluding hydrogens is 292 g/mol. The van der Waals surface area contributed by atoms with Gasteiger partial charge in [-0.05, 0) is 12.1 Å². The van der Waals surface area contributed by atoms with Crippen molar-refractivity contribution in [1.29, 1.82) is 0 Å².